The second-order valence-corrected chi connectivity index (χ2v) is 16.7. The summed E-state index contributed by atoms with van der Waals surface area (Å²) in [6.45, 7) is 22.8. The van der Waals surface area contributed by atoms with Crippen molar-refractivity contribution in [2.45, 2.75) is 67.7 Å². The van der Waals surface area contributed by atoms with Crippen LogP contribution in [0.5, 0.6) is 0 Å². The van der Waals surface area contributed by atoms with Crippen molar-refractivity contribution in [2.24, 2.45) is 0 Å². The second kappa shape index (κ2) is 23.3. The summed E-state index contributed by atoms with van der Waals surface area (Å²) in [5, 5.41) is 7.62. The van der Waals surface area contributed by atoms with Gasteiger partial charge in [-0.25, -0.2) is 0 Å². The molecule has 0 N–H and O–H groups in total. The molecule has 2 nitrogen and oxygen atoms in total. The molecule has 9 aromatic rings. The van der Waals surface area contributed by atoms with Gasteiger partial charge in [-0.2, -0.15) is 0 Å². The molecular weight excluding hydrogens is 821 g/mol. The standard InChI is InChI=1S/C33H31N.C27H21N.3C2H6/c1-6-11-28-29-21-18-25(22-31(29)33(3,4)30(28)7-2)23-16-19-26(20-17-23)34(5)32-15-10-13-24-12-8-9-14-27(24)32;1-28(25-18-13-20-7-2-3-9-23(20)19-25)24-16-14-22(15-17-24)27-12-6-10-21-8-4-5-11-26(21)27;3*1-2/h6-22H,2H2,1,3-5H3;2-19H,1H3;3*1-2H3/b11-6-;;;;. The van der Waals surface area contributed by atoms with Crippen LogP contribution in [0, 0.1) is 0 Å². The zero-order valence-electron chi connectivity index (χ0n) is 42.3. The van der Waals surface area contributed by atoms with E-state index in [-0.39, 0.29) is 5.41 Å². The van der Waals surface area contributed by atoms with Gasteiger partial charge < -0.3 is 9.80 Å². The molecule has 344 valence electrons. The van der Waals surface area contributed by atoms with E-state index in [0.29, 0.717) is 0 Å². The lowest BCUT2D eigenvalue weighted by molar-refractivity contribution is 0.655. The van der Waals surface area contributed by atoms with Crippen molar-refractivity contribution in [3.8, 4) is 22.3 Å². The van der Waals surface area contributed by atoms with E-state index in [1.165, 1.54) is 99.6 Å². The molecule has 0 heterocycles. The van der Waals surface area contributed by atoms with Crippen LogP contribution in [0.2, 0.25) is 0 Å². The van der Waals surface area contributed by atoms with E-state index in [4.69, 9.17) is 0 Å². The maximum atomic E-state index is 4.11. The first kappa shape index (κ1) is 50.0. The fraction of sp³-hybridized carbons (Fsp3) is 0.182. The largest absolute Gasteiger partial charge is 0.345 e. The van der Waals surface area contributed by atoms with Crippen LogP contribution in [-0.4, -0.2) is 14.1 Å². The average Bonchev–Trinajstić information content (AvgIpc) is 3.63. The van der Waals surface area contributed by atoms with Gasteiger partial charge in [0.1, 0.15) is 0 Å². The van der Waals surface area contributed by atoms with Gasteiger partial charge in [-0.05, 0) is 127 Å². The zero-order valence-corrected chi connectivity index (χ0v) is 42.3. The lowest BCUT2D eigenvalue weighted by Gasteiger charge is -2.23. The molecular formula is C66H70N2. The van der Waals surface area contributed by atoms with Gasteiger partial charge in [0.05, 0.1) is 0 Å². The summed E-state index contributed by atoms with van der Waals surface area (Å²) in [4.78, 5) is 4.50. The van der Waals surface area contributed by atoms with Crippen molar-refractivity contribution in [2.75, 3.05) is 23.9 Å². The molecule has 0 aromatic heterocycles. The number of nitrogens with zero attached hydrogens (tertiary/aromatic N) is 2. The molecule has 0 saturated carbocycles. The van der Waals surface area contributed by atoms with Crippen molar-refractivity contribution >= 4 is 60.6 Å². The van der Waals surface area contributed by atoms with E-state index in [1.807, 2.05) is 47.6 Å². The normalized spacial score (nSPS) is 12.1. The number of fused-ring (bicyclic) bond motifs is 4. The Bertz CT molecular complexity index is 3140. The van der Waals surface area contributed by atoms with Crippen LogP contribution in [0.4, 0.5) is 22.7 Å². The molecule has 10 rings (SSSR count). The molecule has 0 unspecified atom stereocenters. The maximum Gasteiger partial charge on any atom is 0.0487 e. The van der Waals surface area contributed by atoms with Crippen molar-refractivity contribution in [3.63, 3.8) is 0 Å². The van der Waals surface area contributed by atoms with Crippen molar-refractivity contribution in [1.29, 1.82) is 0 Å². The number of benzene rings is 9. The van der Waals surface area contributed by atoms with Gasteiger partial charge in [0.25, 0.3) is 0 Å². The molecule has 68 heavy (non-hydrogen) atoms. The Kier molecular flexibility index (Phi) is 17.2. The zero-order chi connectivity index (χ0) is 48.8. The quantitative estimate of drug-likeness (QED) is 0.150. The third-order valence-electron chi connectivity index (χ3n) is 12.7. The lowest BCUT2D eigenvalue weighted by atomic mass is 9.80. The average molecular weight is 891 g/mol. The summed E-state index contributed by atoms with van der Waals surface area (Å²) in [6.07, 6.45) is 6.35. The Hall–Kier alpha value is -7.42. The number of hydrogen-bond acceptors (Lipinski definition) is 2. The van der Waals surface area contributed by atoms with E-state index in [0.717, 1.165) is 0 Å². The monoisotopic (exact) mass is 891 g/mol. The Balaban J connectivity index is 0.000000205. The van der Waals surface area contributed by atoms with Gasteiger partial charge in [0.15, 0.2) is 0 Å². The minimum Gasteiger partial charge on any atom is -0.345 e. The van der Waals surface area contributed by atoms with Crippen molar-refractivity contribution in [1.82, 2.24) is 0 Å². The summed E-state index contributed by atoms with van der Waals surface area (Å²) in [5.74, 6) is 0. The van der Waals surface area contributed by atoms with Gasteiger partial charge in [-0.1, -0.05) is 226 Å². The highest BCUT2D eigenvalue weighted by Crippen LogP contribution is 2.48. The number of allylic oxidation sites excluding steroid dienone is 5. The van der Waals surface area contributed by atoms with Gasteiger partial charge in [0, 0.05) is 47.6 Å². The first-order valence-electron chi connectivity index (χ1n) is 24.5. The van der Waals surface area contributed by atoms with E-state index in [9.17, 15) is 0 Å². The number of anilines is 4. The van der Waals surface area contributed by atoms with E-state index >= 15 is 0 Å². The Morgan fingerprint density at radius 1 is 0.426 bits per heavy atom. The summed E-state index contributed by atoms with van der Waals surface area (Å²) >= 11 is 0. The molecule has 1 aliphatic carbocycles. The van der Waals surface area contributed by atoms with E-state index in [1.54, 1.807) is 0 Å². The van der Waals surface area contributed by atoms with Crippen LogP contribution in [0.1, 0.15) is 73.4 Å². The summed E-state index contributed by atoms with van der Waals surface area (Å²) < 4.78 is 0. The third-order valence-corrected chi connectivity index (χ3v) is 12.7. The smallest absolute Gasteiger partial charge is 0.0487 e. The van der Waals surface area contributed by atoms with Crippen LogP contribution in [0.3, 0.4) is 0 Å². The SMILES string of the molecule is C=CC1=C(/C=C\C)c2ccc(-c3ccc(N(C)c4cccc5ccccc45)cc3)cc2C1(C)C.CC.CC.CC.CN(c1ccc(-c2cccc3ccccc23)cc1)c1ccc2ccccc2c1. The molecule has 0 atom stereocenters. The minimum atomic E-state index is -0.0591. The molecule has 0 spiro atoms. The molecule has 1 aliphatic rings. The van der Waals surface area contributed by atoms with E-state index in [2.05, 4.69) is 258 Å². The molecule has 0 amide bonds. The summed E-state index contributed by atoms with van der Waals surface area (Å²) in [5.41, 5.74) is 15.0. The molecule has 0 bridgehead atoms. The predicted octanol–water partition coefficient (Wildman–Crippen LogP) is 19.6. The van der Waals surface area contributed by atoms with Crippen LogP contribution in [0.25, 0.3) is 60.1 Å². The third kappa shape index (κ3) is 10.4. The first-order chi connectivity index (χ1) is 33.2. The highest BCUT2D eigenvalue weighted by Gasteiger charge is 2.35. The Morgan fingerprint density at radius 3 is 1.56 bits per heavy atom. The van der Waals surface area contributed by atoms with Crippen LogP contribution in [-0.2, 0) is 5.41 Å². The van der Waals surface area contributed by atoms with E-state index < -0.39 is 0 Å². The fourth-order valence-electron chi connectivity index (χ4n) is 9.21. The van der Waals surface area contributed by atoms with Crippen LogP contribution in [0.15, 0.2) is 225 Å². The Morgan fingerprint density at radius 2 is 0.926 bits per heavy atom. The van der Waals surface area contributed by atoms with Gasteiger partial charge in [0.2, 0.25) is 0 Å². The summed E-state index contributed by atoms with van der Waals surface area (Å²) in [7, 11) is 4.26. The fourth-order valence-corrected chi connectivity index (χ4v) is 9.21. The summed E-state index contributed by atoms with van der Waals surface area (Å²) in [6, 6.07) is 69.8. The molecule has 0 fully saturated rings. The minimum absolute atomic E-state index is 0.0591. The highest BCUT2D eigenvalue weighted by molar-refractivity contribution is 5.98. The Labute approximate surface area is 408 Å². The highest BCUT2D eigenvalue weighted by atomic mass is 15.1. The van der Waals surface area contributed by atoms with Gasteiger partial charge in [-0.3, -0.25) is 0 Å². The molecule has 0 aliphatic heterocycles. The van der Waals surface area contributed by atoms with Crippen LogP contribution >= 0.6 is 0 Å². The van der Waals surface area contributed by atoms with Crippen LogP contribution < -0.4 is 9.80 Å². The molecule has 0 saturated heterocycles. The second-order valence-electron chi connectivity index (χ2n) is 16.7. The molecule has 0 radical (unpaired) electrons. The predicted molar refractivity (Wildman–Crippen MR) is 304 cm³/mol. The number of hydrogen-bond donors (Lipinski definition) is 0. The van der Waals surface area contributed by atoms with Crippen molar-refractivity contribution in [3.05, 3.63) is 236 Å². The molecule has 2 heteroatoms. The first-order valence-corrected chi connectivity index (χ1v) is 24.5. The molecule has 9 aromatic carbocycles. The van der Waals surface area contributed by atoms with Gasteiger partial charge >= 0.3 is 0 Å². The topological polar surface area (TPSA) is 6.48 Å². The van der Waals surface area contributed by atoms with Gasteiger partial charge in [-0.15, -0.1) is 0 Å². The lowest BCUT2D eigenvalue weighted by Crippen LogP contribution is -2.16. The van der Waals surface area contributed by atoms with Crippen molar-refractivity contribution < 1.29 is 0 Å². The maximum absolute atomic E-state index is 4.11. The number of rotatable bonds is 8.